The molecule has 1 aromatic rings. The van der Waals surface area contributed by atoms with Crippen molar-refractivity contribution in [3.63, 3.8) is 0 Å². The molecular weight excluding hydrogens is 195 g/mol. The van der Waals surface area contributed by atoms with E-state index in [4.69, 9.17) is 23.2 Å². The summed E-state index contributed by atoms with van der Waals surface area (Å²) in [4.78, 5) is 10.8. The van der Waals surface area contributed by atoms with Gasteiger partial charge in [-0.2, -0.15) is 0 Å². The normalized spacial score (nSPS) is 10.0. The lowest BCUT2D eigenvalue weighted by Crippen LogP contribution is -1.92. The summed E-state index contributed by atoms with van der Waals surface area (Å²) in [6, 6.07) is 3.32. The first-order valence-corrected chi connectivity index (χ1v) is 4.24. The van der Waals surface area contributed by atoms with Crippen molar-refractivity contribution in [3.8, 4) is 0 Å². The third-order valence-electron chi connectivity index (χ3n) is 1.83. The highest BCUT2D eigenvalue weighted by molar-refractivity contribution is 6.67. The van der Waals surface area contributed by atoms with Crippen molar-refractivity contribution >= 4 is 28.4 Å². The molecule has 0 bridgehead atoms. The minimum absolute atomic E-state index is 0.449. The van der Waals surface area contributed by atoms with Crippen LogP contribution in [0.5, 0.6) is 0 Å². The van der Waals surface area contributed by atoms with Gasteiger partial charge in [0.05, 0.1) is 0 Å². The van der Waals surface area contributed by atoms with Gasteiger partial charge in [0.25, 0.3) is 5.24 Å². The van der Waals surface area contributed by atoms with Gasteiger partial charge in [-0.3, -0.25) is 4.79 Å². The summed E-state index contributed by atoms with van der Waals surface area (Å²) >= 11 is 11.2. The number of hydrogen-bond donors (Lipinski definition) is 0. The lowest BCUT2D eigenvalue weighted by molar-refractivity contribution is 0.108. The smallest absolute Gasteiger partial charge is 0.252 e. The third-order valence-corrected chi connectivity index (χ3v) is 2.44. The molecule has 0 N–H and O–H groups in total. The van der Waals surface area contributed by atoms with E-state index in [2.05, 4.69) is 0 Å². The molecule has 1 nitrogen and oxygen atoms in total. The van der Waals surface area contributed by atoms with Crippen LogP contribution >= 0.6 is 23.2 Å². The van der Waals surface area contributed by atoms with E-state index in [1.165, 1.54) is 0 Å². The summed E-state index contributed by atoms with van der Waals surface area (Å²) in [6.45, 7) is 3.80. The number of carbonyl (C=O) groups excluding carboxylic acids is 1. The van der Waals surface area contributed by atoms with Gasteiger partial charge < -0.3 is 0 Å². The van der Waals surface area contributed by atoms with Crippen molar-refractivity contribution in [1.29, 1.82) is 0 Å². The van der Waals surface area contributed by atoms with Gasteiger partial charge in [0, 0.05) is 10.6 Å². The predicted octanol–water partition coefficient (Wildman–Crippen LogP) is 3.34. The minimum Gasteiger partial charge on any atom is -0.276 e. The highest BCUT2D eigenvalue weighted by Crippen LogP contribution is 2.21. The van der Waals surface area contributed by atoms with E-state index in [0.717, 1.165) is 11.1 Å². The molecule has 64 valence electrons. The molecule has 1 rings (SSSR count). The van der Waals surface area contributed by atoms with Crippen molar-refractivity contribution in [2.75, 3.05) is 0 Å². The molecule has 0 aliphatic rings. The average molecular weight is 203 g/mol. The van der Waals surface area contributed by atoms with Gasteiger partial charge in [-0.05, 0) is 48.7 Å². The third kappa shape index (κ3) is 1.79. The molecule has 0 radical (unpaired) electrons. The molecule has 12 heavy (non-hydrogen) atoms. The Bertz CT molecular complexity index is 308. The van der Waals surface area contributed by atoms with Gasteiger partial charge in [-0.25, -0.2) is 0 Å². The van der Waals surface area contributed by atoms with E-state index in [1.807, 2.05) is 13.8 Å². The quantitative estimate of drug-likeness (QED) is 0.639. The zero-order valence-electron chi connectivity index (χ0n) is 6.82. The number of benzene rings is 1. The van der Waals surface area contributed by atoms with Crippen molar-refractivity contribution in [2.45, 2.75) is 13.8 Å². The second-order valence-corrected chi connectivity index (χ2v) is 3.42. The van der Waals surface area contributed by atoms with Crippen LogP contribution in [0.4, 0.5) is 0 Å². The Morgan fingerprint density at radius 2 is 1.92 bits per heavy atom. The first-order valence-electron chi connectivity index (χ1n) is 3.49. The van der Waals surface area contributed by atoms with Crippen LogP contribution in [0.1, 0.15) is 21.5 Å². The molecule has 1 aromatic carbocycles. The summed E-state index contributed by atoms with van der Waals surface area (Å²) in [5, 5.41) is 0.110. The van der Waals surface area contributed by atoms with E-state index < -0.39 is 5.24 Å². The Labute approximate surface area is 81.3 Å². The Balaban J connectivity index is 3.31. The number of halogens is 2. The molecule has 0 saturated carbocycles. The van der Waals surface area contributed by atoms with Gasteiger partial charge in [-0.1, -0.05) is 11.6 Å². The maximum atomic E-state index is 10.8. The SMILES string of the molecule is Cc1cc(C(=O)Cl)cc(Cl)c1C. The predicted molar refractivity (Wildman–Crippen MR) is 51.1 cm³/mol. The Kier molecular flexibility index (Phi) is 2.76. The van der Waals surface area contributed by atoms with E-state index in [-0.39, 0.29) is 0 Å². The standard InChI is InChI=1S/C9H8Cl2O/c1-5-3-7(9(11)12)4-8(10)6(5)2/h3-4H,1-2H3. The zero-order chi connectivity index (χ0) is 9.30. The summed E-state index contributed by atoms with van der Waals surface area (Å²) in [7, 11) is 0. The van der Waals surface area contributed by atoms with Crippen molar-refractivity contribution in [1.82, 2.24) is 0 Å². The molecule has 0 unspecified atom stereocenters. The topological polar surface area (TPSA) is 17.1 Å². The maximum absolute atomic E-state index is 10.8. The monoisotopic (exact) mass is 202 g/mol. The van der Waals surface area contributed by atoms with E-state index in [0.29, 0.717) is 10.6 Å². The highest BCUT2D eigenvalue weighted by atomic mass is 35.5. The molecule has 0 atom stereocenters. The number of aryl methyl sites for hydroxylation is 1. The lowest BCUT2D eigenvalue weighted by Gasteiger charge is -2.03. The maximum Gasteiger partial charge on any atom is 0.252 e. The fourth-order valence-electron chi connectivity index (χ4n) is 0.930. The average Bonchev–Trinajstić information content (AvgIpc) is 1.99. The largest absolute Gasteiger partial charge is 0.276 e. The van der Waals surface area contributed by atoms with Crippen LogP contribution in [-0.2, 0) is 0 Å². The van der Waals surface area contributed by atoms with E-state index in [1.54, 1.807) is 12.1 Å². The van der Waals surface area contributed by atoms with Crippen molar-refractivity contribution < 1.29 is 4.79 Å². The summed E-state index contributed by atoms with van der Waals surface area (Å²) in [5.74, 6) is 0. The summed E-state index contributed by atoms with van der Waals surface area (Å²) in [6.07, 6.45) is 0. The molecule has 0 heterocycles. The first kappa shape index (κ1) is 9.56. The van der Waals surface area contributed by atoms with E-state index in [9.17, 15) is 4.79 Å². The van der Waals surface area contributed by atoms with Crippen molar-refractivity contribution in [2.24, 2.45) is 0 Å². The van der Waals surface area contributed by atoms with Gasteiger partial charge in [0.2, 0.25) is 0 Å². The number of hydrogen-bond acceptors (Lipinski definition) is 1. The first-order chi connectivity index (χ1) is 5.52. The Hall–Kier alpha value is -0.530. The molecular formula is C9H8Cl2O. The Morgan fingerprint density at radius 3 is 2.33 bits per heavy atom. The minimum atomic E-state index is -0.472. The Morgan fingerprint density at radius 1 is 1.33 bits per heavy atom. The van der Waals surface area contributed by atoms with Crippen LogP contribution in [0.15, 0.2) is 12.1 Å². The summed E-state index contributed by atoms with van der Waals surface area (Å²) < 4.78 is 0. The van der Waals surface area contributed by atoms with Gasteiger partial charge in [-0.15, -0.1) is 0 Å². The molecule has 0 aromatic heterocycles. The summed E-state index contributed by atoms with van der Waals surface area (Å²) in [5.41, 5.74) is 2.41. The highest BCUT2D eigenvalue weighted by Gasteiger charge is 2.06. The second-order valence-electron chi connectivity index (χ2n) is 2.67. The lowest BCUT2D eigenvalue weighted by atomic mass is 10.1. The van der Waals surface area contributed by atoms with Crippen LogP contribution in [0, 0.1) is 13.8 Å². The van der Waals surface area contributed by atoms with Gasteiger partial charge in [0.1, 0.15) is 0 Å². The van der Waals surface area contributed by atoms with Crippen LogP contribution < -0.4 is 0 Å². The number of carbonyl (C=O) groups is 1. The fraction of sp³-hybridized carbons (Fsp3) is 0.222. The molecule has 3 heteroatoms. The van der Waals surface area contributed by atoms with Gasteiger partial charge >= 0.3 is 0 Å². The molecule has 0 amide bonds. The van der Waals surface area contributed by atoms with Crippen LogP contribution in [0.25, 0.3) is 0 Å². The van der Waals surface area contributed by atoms with Crippen molar-refractivity contribution in [3.05, 3.63) is 33.8 Å². The second kappa shape index (κ2) is 3.46. The molecule has 0 aliphatic heterocycles. The molecule has 0 aliphatic carbocycles. The molecule has 0 saturated heterocycles. The fourth-order valence-corrected chi connectivity index (χ4v) is 1.31. The van der Waals surface area contributed by atoms with Crippen LogP contribution in [0.2, 0.25) is 5.02 Å². The van der Waals surface area contributed by atoms with Crippen LogP contribution in [-0.4, -0.2) is 5.24 Å². The number of rotatable bonds is 1. The zero-order valence-corrected chi connectivity index (χ0v) is 8.33. The van der Waals surface area contributed by atoms with E-state index >= 15 is 0 Å². The van der Waals surface area contributed by atoms with Gasteiger partial charge in [0.15, 0.2) is 0 Å². The molecule has 0 fully saturated rings. The van der Waals surface area contributed by atoms with Crippen LogP contribution in [0.3, 0.4) is 0 Å². The molecule has 0 spiro atoms.